The third kappa shape index (κ3) is 3.10. The number of nitrogens with one attached hydrogen (secondary N) is 2. The van der Waals surface area contributed by atoms with E-state index in [-0.39, 0.29) is 0 Å². The molecule has 0 spiro atoms. The average Bonchev–Trinajstić information content (AvgIpc) is 2.79. The first-order valence-corrected chi connectivity index (χ1v) is 9.26. The van der Waals surface area contributed by atoms with Crippen LogP contribution in [-0.4, -0.2) is 20.5 Å². The van der Waals surface area contributed by atoms with Crippen LogP contribution >= 0.6 is 23.2 Å². The number of methoxy groups -OCH3 is 1. The van der Waals surface area contributed by atoms with E-state index in [1.54, 1.807) is 43.5 Å². The SMILES string of the molecule is COc1cc([C@H]2NS(=O)(=O)N[C@@]2(C)c2ccc(Cl)nc2)ccc1Cl. The lowest BCUT2D eigenvalue weighted by atomic mass is 9.83. The molecule has 2 aromatic rings. The fraction of sp³-hybridized carbons (Fsp3) is 0.267. The molecule has 1 fully saturated rings. The van der Waals surface area contributed by atoms with Crippen molar-refractivity contribution in [1.29, 1.82) is 0 Å². The zero-order valence-corrected chi connectivity index (χ0v) is 15.2. The van der Waals surface area contributed by atoms with Gasteiger partial charge in [0.2, 0.25) is 0 Å². The highest BCUT2D eigenvalue weighted by Crippen LogP contribution is 2.41. The van der Waals surface area contributed by atoms with Crippen LogP contribution in [0.1, 0.15) is 24.1 Å². The third-order valence-electron chi connectivity index (χ3n) is 4.03. The maximum Gasteiger partial charge on any atom is 0.278 e. The lowest BCUT2D eigenvalue weighted by Gasteiger charge is -2.30. The molecule has 128 valence electrons. The molecular formula is C15H15Cl2N3O3S. The molecule has 1 saturated heterocycles. The smallest absolute Gasteiger partial charge is 0.278 e. The van der Waals surface area contributed by atoms with Crippen LogP contribution in [0, 0.1) is 0 Å². The molecule has 2 atom stereocenters. The highest BCUT2D eigenvalue weighted by atomic mass is 35.5. The summed E-state index contributed by atoms with van der Waals surface area (Å²) in [7, 11) is -2.17. The summed E-state index contributed by atoms with van der Waals surface area (Å²) in [6.45, 7) is 1.78. The highest BCUT2D eigenvalue weighted by Gasteiger charge is 2.48. The maximum atomic E-state index is 12.2. The predicted octanol–water partition coefficient (Wildman–Crippen LogP) is 2.79. The molecule has 1 aromatic carbocycles. The van der Waals surface area contributed by atoms with E-state index < -0.39 is 21.8 Å². The second kappa shape index (κ2) is 6.16. The topological polar surface area (TPSA) is 80.3 Å². The Bertz CT molecular complexity index is 874. The molecule has 0 amide bonds. The van der Waals surface area contributed by atoms with Gasteiger partial charge in [0, 0.05) is 6.20 Å². The quantitative estimate of drug-likeness (QED) is 0.793. The van der Waals surface area contributed by atoms with Gasteiger partial charge in [-0.25, -0.2) is 4.98 Å². The zero-order valence-electron chi connectivity index (χ0n) is 12.9. The van der Waals surface area contributed by atoms with E-state index in [1.807, 2.05) is 0 Å². The number of aromatic nitrogens is 1. The molecule has 9 heteroatoms. The van der Waals surface area contributed by atoms with Crippen molar-refractivity contribution in [2.75, 3.05) is 7.11 Å². The Balaban J connectivity index is 2.12. The van der Waals surface area contributed by atoms with Crippen molar-refractivity contribution in [3.05, 3.63) is 57.8 Å². The predicted molar refractivity (Wildman–Crippen MR) is 92.5 cm³/mol. The van der Waals surface area contributed by atoms with E-state index in [9.17, 15) is 8.42 Å². The fourth-order valence-electron chi connectivity index (χ4n) is 2.81. The van der Waals surface area contributed by atoms with Crippen molar-refractivity contribution in [2.24, 2.45) is 0 Å². The van der Waals surface area contributed by atoms with E-state index in [4.69, 9.17) is 27.9 Å². The Morgan fingerprint density at radius 1 is 1.25 bits per heavy atom. The van der Waals surface area contributed by atoms with Crippen molar-refractivity contribution in [2.45, 2.75) is 18.5 Å². The lowest BCUT2D eigenvalue weighted by Crippen LogP contribution is -2.39. The van der Waals surface area contributed by atoms with Crippen LogP contribution in [0.5, 0.6) is 5.75 Å². The molecule has 0 bridgehead atoms. The normalized spacial score (nSPS) is 25.6. The number of hydrogen-bond donors (Lipinski definition) is 2. The van der Waals surface area contributed by atoms with E-state index >= 15 is 0 Å². The molecule has 2 N–H and O–H groups in total. The second-order valence-corrected chi connectivity index (χ2v) is 7.86. The molecule has 6 nitrogen and oxygen atoms in total. The average molecular weight is 388 g/mol. The third-order valence-corrected chi connectivity index (χ3v) is 5.81. The first-order valence-electron chi connectivity index (χ1n) is 7.02. The van der Waals surface area contributed by atoms with Gasteiger partial charge in [-0.05, 0) is 36.2 Å². The summed E-state index contributed by atoms with van der Waals surface area (Å²) in [5, 5.41) is 0.783. The second-order valence-electron chi connectivity index (χ2n) is 5.62. The van der Waals surface area contributed by atoms with Gasteiger partial charge >= 0.3 is 0 Å². The Kier molecular flexibility index (Phi) is 4.48. The molecule has 0 unspecified atom stereocenters. The molecule has 1 aromatic heterocycles. The molecule has 0 aliphatic carbocycles. The van der Waals surface area contributed by atoms with Crippen molar-refractivity contribution in [1.82, 2.24) is 14.4 Å². The van der Waals surface area contributed by atoms with Crippen LogP contribution in [0.2, 0.25) is 10.2 Å². The fourth-order valence-corrected chi connectivity index (χ4v) is 4.65. The Labute approximate surface area is 150 Å². The molecule has 0 saturated carbocycles. The summed E-state index contributed by atoms with van der Waals surface area (Å²) in [6.07, 6.45) is 1.55. The van der Waals surface area contributed by atoms with E-state index in [1.165, 1.54) is 7.11 Å². The Morgan fingerprint density at radius 3 is 2.62 bits per heavy atom. The minimum absolute atomic E-state index is 0.334. The van der Waals surface area contributed by atoms with Crippen molar-refractivity contribution in [3.63, 3.8) is 0 Å². The number of benzene rings is 1. The summed E-state index contributed by atoms with van der Waals surface area (Å²) >= 11 is 11.9. The minimum Gasteiger partial charge on any atom is -0.495 e. The van der Waals surface area contributed by atoms with Gasteiger partial charge in [0.05, 0.1) is 23.7 Å². The van der Waals surface area contributed by atoms with Crippen molar-refractivity contribution in [3.8, 4) is 5.75 Å². The highest BCUT2D eigenvalue weighted by molar-refractivity contribution is 7.87. The van der Waals surface area contributed by atoms with Crippen LogP contribution in [-0.2, 0) is 15.7 Å². The summed E-state index contributed by atoms with van der Waals surface area (Å²) in [5.74, 6) is 0.469. The zero-order chi connectivity index (χ0) is 17.5. The van der Waals surface area contributed by atoms with E-state index in [0.29, 0.717) is 27.1 Å². The van der Waals surface area contributed by atoms with Gasteiger partial charge < -0.3 is 4.74 Å². The van der Waals surface area contributed by atoms with E-state index in [0.717, 1.165) is 0 Å². The van der Waals surface area contributed by atoms with Gasteiger partial charge in [-0.3, -0.25) is 0 Å². The van der Waals surface area contributed by atoms with Gasteiger partial charge in [-0.15, -0.1) is 0 Å². The summed E-state index contributed by atoms with van der Waals surface area (Å²) in [4.78, 5) is 4.05. The summed E-state index contributed by atoms with van der Waals surface area (Å²) in [6, 6.07) is 7.93. The van der Waals surface area contributed by atoms with Gasteiger partial charge in [0.1, 0.15) is 10.9 Å². The lowest BCUT2D eigenvalue weighted by molar-refractivity contribution is 0.374. The van der Waals surface area contributed by atoms with Crippen molar-refractivity contribution >= 4 is 33.4 Å². The monoisotopic (exact) mass is 387 g/mol. The number of ether oxygens (including phenoxy) is 1. The van der Waals surface area contributed by atoms with Gasteiger partial charge in [0.25, 0.3) is 10.2 Å². The number of halogens is 2. The minimum atomic E-state index is -3.67. The Morgan fingerprint density at radius 2 is 2.00 bits per heavy atom. The van der Waals surface area contributed by atoms with Gasteiger partial charge in [0.15, 0.2) is 0 Å². The number of pyridine rings is 1. The van der Waals surface area contributed by atoms with Gasteiger partial charge in [-0.2, -0.15) is 17.9 Å². The molecule has 0 radical (unpaired) electrons. The molecule has 2 heterocycles. The maximum absolute atomic E-state index is 12.2. The molecule has 3 rings (SSSR count). The van der Waals surface area contributed by atoms with Crippen LogP contribution < -0.4 is 14.2 Å². The van der Waals surface area contributed by atoms with Gasteiger partial charge in [-0.1, -0.05) is 35.3 Å². The molecule has 1 aliphatic rings. The Hall–Kier alpha value is -1.38. The van der Waals surface area contributed by atoms with Crippen LogP contribution in [0.3, 0.4) is 0 Å². The standard InChI is InChI=1S/C15H15Cl2N3O3S/c1-15(10-4-6-13(17)18-8-10)14(19-24(21,22)20-15)9-3-5-11(16)12(7-9)23-2/h3-8,14,19-20H,1-2H3/t14-,15+/m1/s1. The van der Waals surface area contributed by atoms with Crippen LogP contribution in [0.4, 0.5) is 0 Å². The largest absolute Gasteiger partial charge is 0.495 e. The molecule has 1 aliphatic heterocycles. The number of hydrogen-bond acceptors (Lipinski definition) is 4. The summed E-state index contributed by atoms with van der Waals surface area (Å²) in [5.41, 5.74) is 0.441. The summed E-state index contributed by atoms with van der Waals surface area (Å²) < 4.78 is 34.8. The number of rotatable bonds is 3. The van der Waals surface area contributed by atoms with Crippen LogP contribution in [0.25, 0.3) is 0 Å². The first-order chi connectivity index (χ1) is 11.2. The van der Waals surface area contributed by atoms with Crippen molar-refractivity contribution < 1.29 is 13.2 Å². The first kappa shape index (κ1) is 17.4. The number of nitrogens with zero attached hydrogens (tertiary/aromatic N) is 1. The molecular weight excluding hydrogens is 373 g/mol. The van der Waals surface area contributed by atoms with Crippen LogP contribution in [0.15, 0.2) is 36.5 Å². The molecule has 24 heavy (non-hydrogen) atoms. The van der Waals surface area contributed by atoms with E-state index in [2.05, 4.69) is 14.4 Å².